The molecule has 2 saturated carbocycles. The van der Waals surface area contributed by atoms with Crippen LogP contribution in [0, 0.1) is 30.6 Å². The van der Waals surface area contributed by atoms with E-state index in [1.807, 2.05) is 31.2 Å². The molecular formula is C35H28Br2N2O5. The molecule has 44 heavy (non-hydrogen) atoms. The van der Waals surface area contributed by atoms with Crippen LogP contribution < -0.4 is 4.90 Å². The number of aryl methyl sites for hydroxylation is 1. The molecule has 9 heteroatoms. The number of Topliss-reactive ketones (excluding diaryl/α,β-unsaturated/α-hetero) is 1. The number of carbonyl (C=O) groups is 4. The average molecular weight is 716 g/mol. The van der Waals surface area contributed by atoms with Crippen LogP contribution in [-0.4, -0.2) is 44.3 Å². The summed E-state index contributed by atoms with van der Waals surface area (Å²) in [4.78, 5) is 59.9. The van der Waals surface area contributed by atoms with Gasteiger partial charge in [-0.05, 0) is 62.4 Å². The molecule has 2 bridgehead atoms. The van der Waals surface area contributed by atoms with E-state index in [2.05, 4.69) is 31.9 Å². The number of pyridine rings is 1. The normalized spacial score (nSPS) is 26.2. The van der Waals surface area contributed by atoms with E-state index >= 15 is 0 Å². The van der Waals surface area contributed by atoms with Crippen molar-refractivity contribution in [1.29, 1.82) is 0 Å². The van der Waals surface area contributed by atoms with Crippen molar-refractivity contribution in [2.24, 2.45) is 23.7 Å². The van der Waals surface area contributed by atoms with E-state index in [4.69, 9.17) is 9.72 Å². The minimum atomic E-state index is -0.981. The Morgan fingerprint density at radius 3 is 2.16 bits per heavy atom. The molecule has 3 fully saturated rings. The van der Waals surface area contributed by atoms with E-state index in [9.17, 15) is 19.2 Å². The number of benzene rings is 3. The number of alkyl halides is 2. The highest BCUT2D eigenvalue weighted by Gasteiger charge is 2.66. The van der Waals surface area contributed by atoms with Gasteiger partial charge < -0.3 is 4.74 Å². The summed E-state index contributed by atoms with van der Waals surface area (Å²) < 4.78 is 5.67. The lowest BCUT2D eigenvalue weighted by atomic mass is 9.81. The van der Waals surface area contributed by atoms with E-state index < -0.39 is 12.1 Å². The predicted molar refractivity (Wildman–Crippen MR) is 174 cm³/mol. The number of amides is 2. The Labute approximate surface area is 271 Å². The van der Waals surface area contributed by atoms with Crippen LogP contribution >= 0.6 is 31.9 Å². The van der Waals surface area contributed by atoms with Crippen LogP contribution in [-0.2, 0) is 14.3 Å². The highest BCUT2D eigenvalue weighted by atomic mass is 79.9. The molecule has 0 spiro atoms. The number of ketones is 1. The maximum Gasteiger partial charge on any atom is 0.339 e. The predicted octanol–water partition coefficient (Wildman–Crippen LogP) is 6.92. The molecule has 1 aromatic heterocycles. The zero-order chi connectivity index (χ0) is 30.9. The Morgan fingerprint density at radius 1 is 0.886 bits per heavy atom. The van der Waals surface area contributed by atoms with Gasteiger partial charge in [0.1, 0.15) is 0 Å². The number of anilines is 1. The first-order chi connectivity index (χ1) is 21.1. The third kappa shape index (κ3) is 4.63. The number of hydrogen-bond donors (Lipinski definition) is 0. The Bertz CT molecular complexity index is 1810. The topological polar surface area (TPSA) is 93.6 Å². The summed E-state index contributed by atoms with van der Waals surface area (Å²) in [5.41, 5.74) is 4.09. The second-order valence-electron chi connectivity index (χ2n) is 11.9. The first-order valence-electron chi connectivity index (χ1n) is 14.6. The smallest absolute Gasteiger partial charge is 0.339 e. The molecule has 2 aliphatic carbocycles. The maximum absolute atomic E-state index is 13.5. The SMILES string of the molecule is Cc1ccc2nc(-c3ccc(N4C(=O)C5C6CC(C(Br)C6Br)C5C4=O)cc3)cc(C(=O)OC(C)C(=O)c3ccccc3)c2c1. The molecule has 1 saturated heterocycles. The van der Waals surface area contributed by atoms with Crippen LogP contribution in [0.25, 0.3) is 22.2 Å². The zero-order valence-electron chi connectivity index (χ0n) is 23.9. The van der Waals surface area contributed by atoms with Crippen LogP contribution in [0.2, 0.25) is 0 Å². The van der Waals surface area contributed by atoms with Gasteiger partial charge in [-0.1, -0.05) is 86.0 Å². The molecule has 7 rings (SSSR count). The van der Waals surface area contributed by atoms with Gasteiger partial charge in [0.05, 0.1) is 34.3 Å². The standard InChI is InChI=1S/C35H28Br2N2O5/c1-17-8-13-26-22(14-17)23(35(43)44-18(2)32(40)20-6-4-3-5-7-20)16-27(38-26)19-9-11-21(12-10-19)39-33(41)28-24-15-25(29(28)34(39)42)31(37)30(24)36/h3-14,16,18,24-25,28-31H,15H2,1-2H3. The lowest BCUT2D eigenvalue weighted by molar-refractivity contribution is -0.123. The molecule has 7 nitrogen and oxygen atoms in total. The van der Waals surface area contributed by atoms with Crippen molar-refractivity contribution in [3.05, 3.63) is 95.6 Å². The Hall–Kier alpha value is -3.69. The minimum Gasteiger partial charge on any atom is -0.451 e. The molecule has 3 aromatic carbocycles. The largest absolute Gasteiger partial charge is 0.451 e. The second-order valence-corrected chi connectivity index (χ2v) is 14.0. The number of rotatable bonds is 6. The van der Waals surface area contributed by atoms with E-state index in [1.165, 1.54) is 4.90 Å². The highest BCUT2D eigenvalue weighted by Crippen LogP contribution is 2.60. The van der Waals surface area contributed by atoms with Crippen molar-refractivity contribution in [1.82, 2.24) is 4.98 Å². The lowest BCUT2D eigenvalue weighted by Crippen LogP contribution is -2.37. The number of ether oxygens (including phenoxy) is 1. The van der Waals surface area contributed by atoms with Crippen molar-refractivity contribution in [3.8, 4) is 11.3 Å². The fourth-order valence-electron chi connectivity index (χ4n) is 7.16. The van der Waals surface area contributed by atoms with Gasteiger partial charge in [0, 0.05) is 26.2 Å². The van der Waals surface area contributed by atoms with Crippen LogP contribution in [0.3, 0.4) is 0 Å². The van der Waals surface area contributed by atoms with Crippen LogP contribution in [0.4, 0.5) is 5.69 Å². The number of nitrogens with zero attached hydrogens (tertiary/aromatic N) is 2. The molecule has 0 N–H and O–H groups in total. The quantitative estimate of drug-likeness (QED) is 0.0932. The molecule has 2 heterocycles. The molecular weight excluding hydrogens is 688 g/mol. The molecule has 7 atom stereocenters. The Balaban J connectivity index is 1.18. The van der Waals surface area contributed by atoms with Crippen molar-refractivity contribution >= 4 is 72.0 Å². The summed E-state index contributed by atoms with van der Waals surface area (Å²) in [6, 6.07) is 23.2. The van der Waals surface area contributed by atoms with Gasteiger partial charge in [0.2, 0.25) is 17.6 Å². The van der Waals surface area contributed by atoms with E-state index in [-0.39, 0.29) is 50.9 Å². The number of imide groups is 1. The van der Waals surface area contributed by atoms with E-state index in [1.54, 1.807) is 61.5 Å². The van der Waals surface area contributed by atoms with Crippen molar-refractivity contribution in [2.75, 3.05) is 4.90 Å². The number of aromatic nitrogens is 1. The molecule has 0 radical (unpaired) electrons. The van der Waals surface area contributed by atoms with Gasteiger partial charge in [0.25, 0.3) is 0 Å². The summed E-state index contributed by atoms with van der Waals surface area (Å²) in [7, 11) is 0. The Morgan fingerprint density at radius 2 is 1.52 bits per heavy atom. The maximum atomic E-state index is 13.5. The summed E-state index contributed by atoms with van der Waals surface area (Å²) in [6.07, 6.45) is -0.103. The van der Waals surface area contributed by atoms with E-state index in [0.717, 1.165) is 12.0 Å². The minimum absolute atomic E-state index is 0.132. The third-order valence-electron chi connectivity index (χ3n) is 9.30. The summed E-state index contributed by atoms with van der Waals surface area (Å²) in [5.74, 6) is -1.47. The van der Waals surface area contributed by atoms with Gasteiger partial charge >= 0.3 is 5.97 Å². The Kier molecular flexibility index (Phi) is 7.28. The summed E-state index contributed by atoms with van der Waals surface area (Å²) in [5, 5.41) is 0.624. The molecule has 222 valence electrons. The highest BCUT2D eigenvalue weighted by molar-refractivity contribution is 9.12. The molecule has 2 amide bonds. The molecule has 4 aromatic rings. The first kappa shape index (κ1) is 29.0. The average Bonchev–Trinajstić information content (AvgIpc) is 3.65. The number of esters is 1. The number of hydrogen-bond acceptors (Lipinski definition) is 6. The summed E-state index contributed by atoms with van der Waals surface area (Å²) >= 11 is 7.48. The fourth-order valence-corrected chi connectivity index (χ4v) is 9.03. The second kappa shape index (κ2) is 11.0. The van der Waals surface area contributed by atoms with E-state index in [0.29, 0.717) is 39.0 Å². The molecule has 1 aliphatic heterocycles. The van der Waals surface area contributed by atoms with Crippen molar-refractivity contribution in [2.45, 2.75) is 36.0 Å². The van der Waals surface area contributed by atoms with Crippen LogP contribution in [0.1, 0.15) is 39.6 Å². The van der Waals surface area contributed by atoms with Crippen molar-refractivity contribution < 1.29 is 23.9 Å². The monoisotopic (exact) mass is 714 g/mol. The van der Waals surface area contributed by atoms with Crippen molar-refractivity contribution in [3.63, 3.8) is 0 Å². The third-order valence-corrected chi connectivity index (χ3v) is 12.5. The van der Waals surface area contributed by atoms with Gasteiger partial charge in [-0.15, -0.1) is 0 Å². The summed E-state index contributed by atoms with van der Waals surface area (Å²) in [6.45, 7) is 3.50. The first-order valence-corrected chi connectivity index (χ1v) is 16.4. The fraction of sp³-hybridized carbons (Fsp3) is 0.286. The molecule has 7 unspecified atom stereocenters. The number of fused-ring (bicyclic) bond motifs is 6. The van der Waals surface area contributed by atoms with Gasteiger partial charge in [-0.3, -0.25) is 19.3 Å². The van der Waals surface area contributed by atoms with Crippen LogP contribution in [0.5, 0.6) is 0 Å². The molecule has 3 aliphatic rings. The van der Waals surface area contributed by atoms with Gasteiger partial charge in [-0.2, -0.15) is 0 Å². The van der Waals surface area contributed by atoms with Crippen LogP contribution in [0.15, 0.2) is 78.9 Å². The lowest BCUT2D eigenvalue weighted by Gasteiger charge is -2.28. The number of carbonyl (C=O) groups excluding carboxylic acids is 4. The van der Waals surface area contributed by atoms with Gasteiger partial charge in [0.15, 0.2) is 6.10 Å². The zero-order valence-corrected chi connectivity index (χ0v) is 27.1. The van der Waals surface area contributed by atoms with Gasteiger partial charge in [-0.25, -0.2) is 9.78 Å². The number of halogens is 2.